The maximum Gasteiger partial charge on any atom is 0.265 e. The number of nitrogens with one attached hydrogen (secondary N) is 1. The molecule has 0 radical (unpaired) electrons. The Labute approximate surface area is 151 Å². The van der Waals surface area contributed by atoms with Crippen LogP contribution in [0.3, 0.4) is 0 Å². The fourth-order valence-electron chi connectivity index (χ4n) is 2.29. The molecule has 0 saturated heterocycles. The highest BCUT2D eigenvalue weighted by atomic mass is 32.2. The zero-order valence-electron chi connectivity index (χ0n) is 14.7. The SMILES string of the molecule is Cc1ccc(NC(=O)C(C)Oc2ccc(OOSN)c(C)c2)c(C)c1. The topological polar surface area (TPSA) is 82.8 Å². The van der Waals surface area contributed by atoms with Gasteiger partial charge in [-0.3, -0.25) is 9.93 Å². The molecule has 0 aliphatic carbocycles. The van der Waals surface area contributed by atoms with E-state index in [4.69, 9.17) is 14.8 Å². The second-order valence-corrected chi connectivity index (χ2v) is 6.07. The summed E-state index contributed by atoms with van der Waals surface area (Å²) < 4.78 is 10.3. The van der Waals surface area contributed by atoms with Crippen LogP contribution in [-0.4, -0.2) is 12.0 Å². The van der Waals surface area contributed by atoms with E-state index in [9.17, 15) is 4.79 Å². The number of carbonyl (C=O) groups is 1. The molecule has 0 bridgehead atoms. The van der Waals surface area contributed by atoms with E-state index in [2.05, 4.69) is 9.65 Å². The molecule has 0 aliphatic rings. The molecule has 2 aromatic carbocycles. The summed E-state index contributed by atoms with van der Waals surface area (Å²) in [6, 6.07) is 11.0. The van der Waals surface area contributed by atoms with Gasteiger partial charge in [0.15, 0.2) is 11.9 Å². The molecule has 1 unspecified atom stereocenters. The molecule has 2 rings (SSSR count). The standard InChI is InChI=1S/C18H22N2O4S/c1-11-5-7-16(12(2)9-11)20-18(21)14(4)22-15-6-8-17(13(3)10-15)23-24-25-19/h5-10,14H,19H2,1-4H3,(H,20,21). The van der Waals surface area contributed by atoms with Crippen LogP contribution in [0.1, 0.15) is 23.6 Å². The summed E-state index contributed by atoms with van der Waals surface area (Å²) in [7, 11) is 0. The highest BCUT2D eigenvalue weighted by Crippen LogP contribution is 2.25. The van der Waals surface area contributed by atoms with E-state index >= 15 is 0 Å². The van der Waals surface area contributed by atoms with Gasteiger partial charge in [0.25, 0.3) is 5.91 Å². The van der Waals surface area contributed by atoms with Gasteiger partial charge >= 0.3 is 0 Å². The van der Waals surface area contributed by atoms with E-state index in [0.29, 0.717) is 23.7 Å². The molecule has 7 heteroatoms. The van der Waals surface area contributed by atoms with Gasteiger partial charge in [0.2, 0.25) is 0 Å². The lowest BCUT2D eigenvalue weighted by Gasteiger charge is -2.16. The van der Waals surface area contributed by atoms with E-state index in [0.717, 1.165) is 22.4 Å². The van der Waals surface area contributed by atoms with E-state index in [1.54, 1.807) is 25.1 Å². The maximum atomic E-state index is 12.3. The fourth-order valence-corrected chi connectivity index (χ4v) is 2.40. The van der Waals surface area contributed by atoms with Crippen LogP contribution in [0.25, 0.3) is 0 Å². The van der Waals surface area contributed by atoms with E-state index < -0.39 is 6.10 Å². The quantitative estimate of drug-likeness (QED) is 0.337. The van der Waals surface area contributed by atoms with Crippen molar-refractivity contribution in [2.75, 3.05) is 5.32 Å². The molecule has 0 spiro atoms. The summed E-state index contributed by atoms with van der Waals surface area (Å²) >= 11 is 0.620. The largest absolute Gasteiger partial charge is 0.481 e. The average molecular weight is 362 g/mol. The summed E-state index contributed by atoms with van der Waals surface area (Å²) in [4.78, 5) is 17.3. The minimum Gasteiger partial charge on any atom is -0.481 e. The monoisotopic (exact) mass is 362 g/mol. The number of carbonyl (C=O) groups excluding carboxylic acids is 1. The average Bonchev–Trinajstić information content (AvgIpc) is 2.56. The van der Waals surface area contributed by atoms with E-state index in [-0.39, 0.29) is 5.91 Å². The molecule has 0 fully saturated rings. The van der Waals surface area contributed by atoms with Crippen LogP contribution in [0.4, 0.5) is 5.69 Å². The Balaban J connectivity index is 1.99. The van der Waals surface area contributed by atoms with Gasteiger partial charge in [-0.1, -0.05) is 22.0 Å². The minimum absolute atomic E-state index is 0.215. The molecule has 2 aromatic rings. The highest BCUT2D eigenvalue weighted by Gasteiger charge is 2.16. The molecule has 0 aromatic heterocycles. The molecule has 0 saturated carbocycles. The minimum atomic E-state index is -0.650. The fraction of sp³-hybridized carbons (Fsp3) is 0.278. The van der Waals surface area contributed by atoms with Crippen LogP contribution in [0.5, 0.6) is 11.5 Å². The van der Waals surface area contributed by atoms with Crippen molar-refractivity contribution in [3.05, 3.63) is 53.1 Å². The molecule has 1 amide bonds. The molecule has 1 atom stereocenters. The second kappa shape index (κ2) is 8.75. The Bertz CT molecular complexity index is 752. The van der Waals surface area contributed by atoms with Gasteiger partial charge in [0, 0.05) is 5.69 Å². The third-order valence-corrected chi connectivity index (χ3v) is 3.78. The number of hydrogen-bond acceptors (Lipinski definition) is 6. The van der Waals surface area contributed by atoms with Gasteiger partial charge in [-0.25, -0.2) is 0 Å². The lowest BCUT2D eigenvalue weighted by Crippen LogP contribution is -2.30. The van der Waals surface area contributed by atoms with Gasteiger partial charge in [-0.15, -0.1) is 0 Å². The van der Waals surface area contributed by atoms with Gasteiger partial charge in [0.1, 0.15) is 18.0 Å². The Kier molecular flexibility index (Phi) is 6.69. The van der Waals surface area contributed by atoms with Crippen molar-refractivity contribution < 1.29 is 18.8 Å². The Morgan fingerprint density at radius 2 is 1.88 bits per heavy atom. The molecular weight excluding hydrogens is 340 g/mol. The molecule has 0 aliphatic heterocycles. The van der Waals surface area contributed by atoms with Crippen molar-refractivity contribution in [1.82, 2.24) is 0 Å². The van der Waals surface area contributed by atoms with Crippen LogP contribution < -0.4 is 20.1 Å². The number of hydrogen-bond donors (Lipinski definition) is 2. The molecule has 134 valence electrons. The van der Waals surface area contributed by atoms with Crippen molar-refractivity contribution >= 4 is 23.8 Å². The number of rotatable bonds is 7. The van der Waals surface area contributed by atoms with Crippen LogP contribution in [0.2, 0.25) is 0 Å². The summed E-state index contributed by atoms with van der Waals surface area (Å²) in [6.07, 6.45) is -0.650. The van der Waals surface area contributed by atoms with E-state index in [1.165, 1.54) is 0 Å². The Morgan fingerprint density at radius 3 is 2.52 bits per heavy atom. The molecule has 6 nitrogen and oxygen atoms in total. The zero-order valence-corrected chi connectivity index (χ0v) is 15.5. The van der Waals surface area contributed by atoms with Crippen molar-refractivity contribution in [3.8, 4) is 11.5 Å². The molecule has 0 heterocycles. The molecule has 25 heavy (non-hydrogen) atoms. The number of ether oxygens (including phenoxy) is 1. The summed E-state index contributed by atoms with van der Waals surface area (Å²) in [5.74, 6) is 0.874. The lowest BCUT2D eigenvalue weighted by atomic mass is 10.1. The first-order valence-corrected chi connectivity index (χ1v) is 8.56. The third-order valence-electron chi connectivity index (χ3n) is 3.63. The third kappa shape index (κ3) is 5.38. The van der Waals surface area contributed by atoms with Crippen LogP contribution in [0, 0.1) is 20.8 Å². The van der Waals surface area contributed by atoms with Crippen LogP contribution in [-0.2, 0) is 9.13 Å². The maximum absolute atomic E-state index is 12.3. The summed E-state index contributed by atoms with van der Waals surface area (Å²) in [5.41, 5.74) is 3.74. The van der Waals surface area contributed by atoms with Crippen molar-refractivity contribution in [3.63, 3.8) is 0 Å². The molecular formula is C18H22N2O4S. The lowest BCUT2D eigenvalue weighted by molar-refractivity contribution is -0.122. The number of nitrogens with two attached hydrogens (primary N) is 1. The summed E-state index contributed by atoms with van der Waals surface area (Å²) in [5, 5.41) is 8.02. The Hall–Kier alpha value is -2.22. The van der Waals surface area contributed by atoms with Gasteiger partial charge in [-0.05, 0) is 63.1 Å². The van der Waals surface area contributed by atoms with Crippen LogP contribution >= 0.6 is 12.2 Å². The van der Waals surface area contributed by atoms with Gasteiger partial charge < -0.3 is 14.9 Å². The first-order valence-electron chi connectivity index (χ1n) is 7.76. The Morgan fingerprint density at radius 1 is 1.12 bits per heavy atom. The number of anilines is 1. The van der Waals surface area contributed by atoms with Crippen LogP contribution in [0.15, 0.2) is 36.4 Å². The van der Waals surface area contributed by atoms with Gasteiger partial charge in [-0.2, -0.15) is 0 Å². The van der Waals surface area contributed by atoms with Crippen molar-refractivity contribution in [2.24, 2.45) is 5.14 Å². The predicted octanol–water partition coefficient (Wildman–Crippen LogP) is 3.85. The predicted molar refractivity (Wildman–Crippen MR) is 99.3 cm³/mol. The van der Waals surface area contributed by atoms with Gasteiger partial charge in [0.05, 0.1) is 0 Å². The number of amides is 1. The summed E-state index contributed by atoms with van der Waals surface area (Å²) in [6.45, 7) is 7.51. The second-order valence-electron chi connectivity index (χ2n) is 5.74. The highest BCUT2D eigenvalue weighted by molar-refractivity contribution is 7.92. The van der Waals surface area contributed by atoms with Crippen molar-refractivity contribution in [1.29, 1.82) is 0 Å². The van der Waals surface area contributed by atoms with E-state index in [1.807, 2.05) is 39.0 Å². The van der Waals surface area contributed by atoms with Crippen molar-refractivity contribution in [2.45, 2.75) is 33.8 Å². The smallest absolute Gasteiger partial charge is 0.265 e. The normalized spacial score (nSPS) is 11.7. The first-order chi connectivity index (χ1) is 11.9. The molecule has 3 N–H and O–H groups in total. The first kappa shape index (κ1) is 19.1. The number of aryl methyl sites for hydroxylation is 3. The number of benzene rings is 2. The zero-order chi connectivity index (χ0) is 18.4.